The molecule has 1 aromatic carbocycles. The summed E-state index contributed by atoms with van der Waals surface area (Å²) in [7, 11) is 0. The number of benzene rings is 1. The summed E-state index contributed by atoms with van der Waals surface area (Å²) < 4.78 is 5.01. The Bertz CT molecular complexity index is 737. The SMILES string of the molecule is O=C(CC1=CCCC=C1)c1ccccc1N=Cc1ccoc1. The summed E-state index contributed by atoms with van der Waals surface area (Å²) in [6, 6.07) is 9.27. The number of para-hydroxylation sites is 1. The second-order valence-corrected chi connectivity index (χ2v) is 5.19. The van der Waals surface area contributed by atoms with Gasteiger partial charge in [-0.25, -0.2) is 0 Å². The van der Waals surface area contributed by atoms with Crippen molar-refractivity contribution in [2.45, 2.75) is 19.3 Å². The minimum Gasteiger partial charge on any atom is -0.472 e. The van der Waals surface area contributed by atoms with E-state index in [0.717, 1.165) is 24.0 Å². The van der Waals surface area contributed by atoms with E-state index in [9.17, 15) is 4.79 Å². The maximum atomic E-state index is 12.5. The highest BCUT2D eigenvalue weighted by Crippen LogP contribution is 2.23. The van der Waals surface area contributed by atoms with Gasteiger partial charge in [0.25, 0.3) is 0 Å². The molecule has 0 atom stereocenters. The van der Waals surface area contributed by atoms with E-state index in [1.165, 1.54) is 0 Å². The Hall–Kier alpha value is -2.68. The van der Waals surface area contributed by atoms with E-state index in [2.05, 4.69) is 17.1 Å². The van der Waals surface area contributed by atoms with E-state index in [-0.39, 0.29) is 5.78 Å². The van der Waals surface area contributed by atoms with Gasteiger partial charge in [-0.05, 0) is 36.6 Å². The molecule has 1 aliphatic rings. The molecule has 0 bridgehead atoms. The van der Waals surface area contributed by atoms with Crippen LogP contribution in [0.25, 0.3) is 0 Å². The van der Waals surface area contributed by atoms with Gasteiger partial charge in [0.15, 0.2) is 5.78 Å². The number of carbonyl (C=O) groups is 1. The normalized spacial score (nSPS) is 14.3. The lowest BCUT2D eigenvalue weighted by Crippen LogP contribution is -2.01. The van der Waals surface area contributed by atoms with E-state index in [0.29, 0.717) is 17.7 Å². The molecule has 0 saturated heterocycles. The van der Waals surface area contributed by atoms with Crippen LogP contribution in [0.5, 0.6) is 0 Å². The highest BCUT2D eigenvalue weighted by atomic mass is 16.3. The fraction of sp³-hybridized carbons (Fsp3) is 0.158. The fourth-order valence-electron chi connectivity index (χ4n) is 2.39. The van der Waals surface area contributed by atoms with Crippen molar-refractivity contribution in [3.05, 3.63) is 77.8 Å². The Kier molecular flexibility index (Phi) is 4.44. The molecule has 0 unspecified atom stereocenters. The van der Waals surface area contributed by atoms with Crippen molar-refractivity contribution in [3.63, 3.8) is 0 Å². The Morgan fingerprint density at radius 2 is 2.14 bits per heavy atom. The van der Waals surface area contributed by atoms with Crippen molar-refractivity contribution in [2.75, 3.05) is 0 Å². The Morgan fingerprint density at radius 3 is 2.91 bits per heavy atom. The third-order valence-corrected chi connectivity index (χ3v) is 3.54. The molecule has 22 heavy (non-hydrogen) atoms. The molecule has 0 fully saturated rings. The summed E-state index contributed by atoms with van der Waals surface area (Å²) in [5.74, 6) is 0.0951. The number of rotatable bonds is 5. The second-order valence-electron chi connectivity index (χ2n) is 5.19. The Morgan fingerprint density at radius 1 is 1.23 bits per heavy atom. The molecular formula is C19H17NO2. The van der Waals surface area contributed by atoms with E-state index in [1.807, 2.05) is 36.4 Å². The van der Waals surface area contributed by atoms with Crippen LogP contribution in [0.2, 0.25) is 0 Å². The third kappa shape index (κ3) is 3.50. The smallest absolute Gasteiger partial charge is 0.169 e. The van der Waals surface area contributed by atoms with Crippen LogP contribution in [0, 0.1) is 0 Å². The van der Waals surface area contributed by atoms with Crippen LogP contribution in [0.15, 0.2) is 76.1 Å². The Labute approximate surface area is 129 Å². The van der Waals surface area contributed by atoms with Gasteiger partial charge >= 0.3 is 0 Å². The quantitative estimate of drug-likeness (QED) is 0.582. The number of furan rings is 1. The lowest BCUT2D eigenvalue weighted by atomic mass is 9.98. The van der Waals surface area contributed by atoms with Gasteiger partial charge in [-0.2, -0.15) is 0 Å². The van der Waals surface area contributed by atoms with Crippen LogP contribution >= 0.6 is 0 Å². The van der Waals surface area contributed by atoms with Crippen molar-refractivity contribution in [3.8, 4) is 0 Å². The highest BCUT2D eigenvalue weighted by Gasteiger charge is 2.12. The van der Waals surface area contributed by atoms with Crippen molar-refractivity contribution in [1.29, 1.82) is 0 Å². The zero-order valence-electron chi connectivity index (χ0n) is 12.2. The first kappa shape index (κ1) is 14.3. The number of allylic oxidation sites excluding steroid dienone is 4. The number of Topliss-reactive ketones (excluding diaryl/α,β-unsaturated/α-hetero) is 1. The number of hydrogen-bond donors (Lipinski definition) is 0. The number of aliphatic imine (C=N–C) groups is 1. The molecule has 1 heterocycles. The zero-order valence-corrected chi connectivity index (χ0v) is 12.2. The van der Waals surface area contributed by atoms with Crippen LogP contribution in [-0.4, -0.2) is 12.0 Å². The maximum Gasteiger partial charge on any atom is 0.169 e. The molecule has 0 aliphatic heterocycles. The fourth-order valence-corrected chi connectivity index (χ4v) is 2.39. The summed E-state index contributed by atoms with van der Waals surface area (Å²) in [5.41, 5.74) is 3.31. The molecule has 0 spiro atoms. The number of hydrogen-bond acceptors (Lipinski definition) is 3. The van der Waals surface area contributed by atoms with Crippen LogP contribution in [-0.2, 0) is 0 Å². The number of nitrogens with zero attached hydrogens (tertiary/aromatic N) is 1. The number of carbonyl (C=O) groups excluding carboxylic acids is 1. The Balaban J connectivity index is 1.80. The molecule has 0 radical (unpaired) electrons. The summed E-state index contributed by atoms with van der Waals surface area (Å²) >= 11 is 0. The van der Waals surface area contributed by atoms with Gasteiger partial charge in [0.05, 0.1) is 18.2 Å². The number of ketones is 1. The molecule has 110 valence electrons. The predicted molar refractivity (Wildman–Crippen MR) is 87.8 cm³/mol. The van der Waals surface area contributed by atoms with Crippen molar-refractivity contribution in [2.24, 2.45) is 4.99 Å². The third-order valence-electron chi connectivity index (χ3n) is 3.54. The first-order valence-corrected chi connectivity index (χ1v) is 7.37. The summed E-state index contributed by atoms with van der Waals surface area (Å²) in [5, 5.41) is 0. The van der Waals surface area contributed by atoms with Crippen LogP contribution in [0.3, 0.4) is 0 Å². The molecule has 2 aromatic rings. The molecule has 0 amide bonds. The molecule has 0 saturated carbocycles. The molecule has 0 N–H and O–H groups in total. The molecule has 1 aromatic heterocycles. The van der Waals surface area contributed by atoms with Gasteiger partial charge in [0.2, 0.25) is 0 Å². The van der Waals surface area contributed by atoms with Crippen LogP contribution in [0.1, 0.15) is 35.2 Å². The van der Waals surface area contributed by atoms with Crippen LogP contribution < -0.4 is 0 Å². The van der Waals surface area contributed by atoms with E-state index in [4.69, 9.17) is 4.42 Å². The monoisotopic (exact) mass is 291 g/mol. The zero-order chi connectivity index (χ0) is 15.2. The maximum absolute atomic E-state index is 12.5. The van der Waals surface area contributed by atoms with E-state index in [1.54, 1.807) is 18.7 Å². The van der Waals surface area contributed by atoms with Crippen molar-refractivity contribution >= 4 is 17.7 Å². The average molecular weight is 291 g/mol. The summed E-state index contributed by atoms with van der Waals surface area (Å²) in [6.45, 7) is 0. The minimum absolute atomic E-state index is 0.0951. The molecule has 3 nitrogen and oxygen atoms in total. The molecule has 3 rings (SSSR count). The largest absolute Gasteiger partial charge is 0.472 e. The molecule has 3 heteroatoms. The predicted octanol–water partition coefficient (Wildman–Crippen LogP) is 4.88. The molecule has 1 aliphatic carbocycles. The second kappa shape index (κ2) is 6.85. The van der Waals surface area contributed by atoms with Crippen molar-refractivity contribution < 1.29 is 9.21 Å². The van der Waals surface area contributed by atoms with Gasteiger partial charge in [-0.1, -0.05) is 30.4 Å². The standard InChI is InChI=1S/C19H17NO2/c21-19(12-15-6-2-1-3-7-15)17-8-4-5-9-18(17)20-13-16-10-11-22-14-16/h2,4-11,13-14H,1,3,12H2. The molecular weight excluding hydrogens is 274 g/mol. The minimum atomic E-state index is 0.0951. The van der Waals surface area contributed by atoms with E-state index < -0.39 is 0 Å². The highest BCUT2D eigenvalue weighted by molar-refractivity contribution is 6.02. The van der Waals surface area contributed by atoms with Crippen molar-refractivity contribution in [1.82, 2.24) is 0 Å². The van der Waals surface area contributed by atoms with Gasteiger partial charge in [-0.15, -0.1) is 0 Å². The van der Waals surface area contributed by atoms with E-state index >= 15 is 0 Å². The lowest BCUT2D eigenvalue weighted by molar-refractivity contribution is 0.0994. The summed E-state index contributed by atoms with van der Waals surface area (Å²) in [4.78, 5) is 16.9. The van der Waals surface area contributed by atoms with Gasteiger partial charge < -0.3 is 4.42 Å². The summed E-state index contributed by atoms with van der Waals surface area (Å²) in [6.07, 6.45) is 13.7. The van der Waals surface area contributed by atoms with Gasteiger partial charge in [-0.3, -0.25) is 9.79 Å². The van der Waals surface area contributed by atoms with Gasteiger partial charge in [0.1, 0.15) is 0 Å². The van der Waals surface area contributed by atoms with Gasteiger partial charge in [0, 0.05) is 23.8 Å². The topological polar surface area (TPSA) is 42.6 Å². The van der Waals surface area contributed by atoms with Crippen LogP contribution in [0.4, 0.5) is 5.69 Å². The lowest BCUT2D eigenvalue weighted by Gasteiger charge is -2.08. The average Bonchev–Trinajstić information content (AvgIpc) is 3.07. The first-order chi connectivity index (χ1) is 10.8. The first-order valence-electron chi connectivity index (χ1n) is 7.37.